The maximum Gasteiger partial charge on any atom is 0.216 e. The Bertz CT molecular complexity index is 1780. The van der Waals surface area contributed by atoms with Crippen LogP contribution in [0.15, 0.2) is 71.3 Å². The molecule has 3 nitrogen and oxygen atoms in total. The number of hydrogen-bond acceptors (Lipinski definition) is 2. The molecule has 1 aliphatic rings. The first-order chi connectivity index (χ1) is 17.6. The van der Waals surface area contributed by atoms with E-state index in [0.717, 1.165) is 33.2 Å². The molecular weight excluding hydrogens is 404 g/mol. The van der Waals surface area contributed by atoms with E-state index >= 15 is 0 Å². The summed E-state index contributed by atoms with van der Waals surface area (Å²) in [4.78, 5) is 0. The molecule has 1 aliphatic carbocycles. The number of nitriles is 1. The molecule has 5 aromatic rings. The molecule has 0 saturated carbocycles. The van der Waals surface area contributed by atoms with Gasteiger partial charge in [-0.15, -0.1) is 0 Å². The lowest BCUT2D eigenvalue weighted by Crippen LogP contribution is -2.30. The quantitative estimate of drug-likeness (QED) is 0.287. The molecule has 0 radical (unpaired) electrons. The van der Waals surface area contributed by atoms with E-state index in [9.17, 15) is 5.26 Å². The molecule has 6 rings (SSSR count). The Hall–Kier alpha value is -3.90. The van der Waals surface area contributed by atoms with Crippen molar-refractivity contribution in [1.82, 2.24) is 0 Å². The maximum absolute atomic E-state index is 10.0. The third kappa shape index (κ3) is 3.06. The Labute approximate surface area is 199 Å². The van der Waals surface area contributed by atoms with Gasteiger partial charge in [0.25, 0.3) is 0 Å². The van der Waals surface area contributed by atoms with Gasteiger partial charge in [0, 0.05) is 34.0 Å². The van der Waals surface area contributed by atoms with Crippen LogP contribution in [0.4, 0.5) is 0 Å². The average Bonchev–Trinajstić information content (AvgIpc) is 3.25. The Kier molecular flexibility index (Phi) is 3.65. The fourth-order valence-electron chi connectivity index (χ4n) is 4.88. The van der Waals surface area contributed by atoms with Gasteiger partial charge in [0.1, 0.15) is 18.2 Å². The molecule has 0 bridgehead atoms. The lowest BCUT2D eigenvalue weighted by atomic mass is 9.88. The van der Waals surface area contributed by atoms with E-state index in [4.69, 9.17) is 9.90 Å². The molecule has 0 fully saturated rings. The van der Waals surface area contributed by atoms with Gasteiger partial charge in [0.05, 0.1) is 17.2 Å². The van der Waals surface area contributed by atoms with Crippen molar-refractivity contribution in [1.29, 1.82) is 5.26 Å². The van der Waals surface area contributed by atoms with Crippen molar-refractivity contribution < 1.29 is 14.5 Å². The van der Waals surface area contributed by atoms with E-state index in [0.29, 0.717) is 33.4 Å². The highest BCUT2D eigenvalue weighted by Gasteiger charge is 2.23. The highest BCUT2D eigenvalue weighted by molar-refractivity contribution is 6.14. The minimum Gasteiger partial charge on any atom is -0.454 e. The highest BCUT2D eigenvalue weighted by atomic mass is 16.3. The summed E-state index contributed by atoms with van der Waals surface area (Å²) in [6.45, 7) is 2.05. The summed E-state index contributed by atoms with van der Waals surface area (Å²) in [5.41, 5.74) is 6.74. The fourth-order valence-corrected chi connectivity index (χ4v) is 4.88. The van der Waals surface area contributed by atoms with Crippen LogP contribution < -0.4 is 4.57 Å². The van der Waals surface area contributed by atoms with Crippen LogP contribution in [0.2, 0.25) is 0 Å². The molecule has 0 aliphatic heterocycles. The summed E-state index contributed by atoms with van der Waals surface area (Å²) in [6.07, 6.45) is -1.02. The largest absolute Gasteiger partial charge is 0.454 e. The molecular formula is C30H25N2O+. The third-order valence-corrected chi connectivity index (χ3v) is 6.51. The molecule has 0 amide bonds. The molecule has 0 saturated heterocycles. The Balaban J connectivity index is 1.68. The van der Waals surface area contributed by atoms with E-state index < -0.39 is 12.7 Å². The van der Waals surface area contributed by atoms with E-state index in [1.54, 1.807) is 24.3 Å². The third-order valence-electron chi connectivity index (χ3n) is 6.51. The lowest BCUT2D eigenvalue weighted by Gasteiger charge is -2.17. The molecule has 33 heavy (non-hydrogen) atoms. The molecule has 0 N–H and O–H groups in total. The van der Waals surface area contributed by atoms with Crippen LogP contribution in [0.25, 0.3) is 44.3 Å². The predicted octanol–water partition coefficient (Wildman–Crippen LogP) is 6.80. The Morgan fingerprint density at radius 3 is 2.45 bits per heavy atom. The highest BCUT2D eigenvalue weighted by Crippen LogP contribution is 2.42. The molecule has 0 unspecified atom stereocenters. The second-order valence-electron chi connectivity index (χ2n) is 8.52. The van der Waals surface area contributed by atoms with Gasteiger partial charge in [0.2, 0.25) is 5.69 Å². The number of nitrogens with zero attached hydrogens (tertiary/aromatic N) is 2. The maximum atomic E-state index is 10.0. The number of benzene rings is 3. The van der Waals surface area contributed by atoms with Crippen LogP contribution in [0.5, 0.6) is 0 Å². The smallest absolute Gasteiger partial charge is 0.216 e. The van der Waals surface area contributed by atoms with Crippen LogP contribution in [-0.4, -0.2) is 0 Å². The van der Waals surface area contributed by atoms with Gasteiger partial charge in [0.15, 0.2) is 6.20 Å². The number of pyridine rings is 1. The summed E-state index contributed by atoms with van der Waals surface area (Å²) in [7, 11) is 2.00. The first kappa shape index (κ1) is 15.8. The van der Waals surface area contributed by atoms with Crippen molar-refractivity contribution in [3.05, 3.63) is 89.1 Å². The molecule has 160 valence electrons. The summed E-state index contributed by atoms with van der Waals surface area (Å²) in [6, 6.07) is 21.3. The number of aromatic nitrogens is 1. The second-order valence-corrected chi connectivity index (χ2v) is 8.52. The van der Waals surface area contributed by atoms with Gasteiger partial charge in [-0.3, -0.25) is 0 Å². The monoisotopic (exact) mass is 433 g/mol. The minimum absolute atomic E-state index is 0.104. The van der Waals surface area contributed by atoms with Crippen LogP contribution in [-0.2, 0) is 19.8 Å². The Morgan fingerprint density at radius 1 is 0.909 bits per heavy atom. The standard InChI is InChI=1S/C30H25N2O/c1-19-10-14-24-25-15-13-23(18-31)28(22-12-11-20-7-3-4-8-21(20)17-22)30(25)33-29(24)27(19)26-9-5-6-16-32(26)2/h5-6,9-17H,3-4,7-8H2,1-2H3/q+1/i7D2,8D2. The van der Waals surface area contributed by atoms with Crippen molar-refractivity contribution in [2.45, 2.75) is 32.5 Å². The first-order valence-corrected chi connectivity index (χ1v) is 11.1. The van der Waals surface area contributed by atoms with Crippen LogP contribution in [0.3, 0.4) is 0 Å². The topological polar surface area (TPSA) is 40.8 Å². The van der Waals surface area contributed by atoms with Crippen molar-refractivity contribution in [3.63, 3.8) is 0 Å². The van der Waals surface area contributed by atoms with Crippen molar-refractivity contribution in [2.24, 2.45) is 7.05 Å². The Morgan fingerprint density at radius 2 is 1.67 bits per heavy atom. The van der Waals surface area contributed by atoms with Crippen molar-refractivity contribution >= 4 is 21.9 Å². The zero-order valence-electron chi connectivity index (χ0n) is 22.6. The second kappa shape index (κ2) is 7.60. The molecule has 0 spiro atoms. The first-order valence-electron chi connectivity index (χ1n) is 13.1. The molecule has 2 heterocycles. The number of aryl methyl sites for hydroxylation is 4. The van der Waals surface area contributed by atoms with Gasteiger partial charge >= 0.3 is 0 Å². The SMILES string of the molecule is [2H]C1([2H])CCC([2H])([2H])c2cc(-c3c(C#N)ccc4c3oc3c(-c5cccc[n+]5C)c(C)ccc34)ccc21. The molecule has 3 heteroatoms. The van der Waals surface area contributed by atoms with Gasteiger partial charge < -0.3 is 4.42 Å². The summed E-state index contributed by atoms with van der Waals surface area (Å²) >= 11 is 0. The van der Waals surface area contributed by atoms with Gasteiger partial charge in [-0.1, -0.05) is 30.3 Å². The van der Waals surface area contributed by atoms with E-state index in [1.165, 1.54) is 0 Å². The van der Waals surface area contributed by atoms with Gasteiger partial charge in [-0.25, -0.2) is 4.57 Å². The lowest BCUT2D eigenvalue weighted by molar-refractivity contribution is -0.660. The van der Waals surface area contributed by atoms with Gasteiger partial charge in [-0.05, 0) is 73.0 Å². The molecule has 2 aromatic heterocycles. The number of hydrogen-bond donors (Lipinski definition) is 0. The fraction of sp³-hybridized carbons (Fsp3) is 0.200. The predicted molar refractivity (Wildman–Crippen MR) is 132 cm³/mol. The minimum atomic E-state index is -1.65. The van der Waals surface area contributed by atoms with Crippen LogP contribution in [0.1, 0.15) is 40.6 Å². The number of furan rings is 1. The summed E-state index contributed by atoms with van der Waals surface area (Å²) in [5.74, 6) is 0. The van der Waals surface area contributed by atoms with Crippen LogP contribution >= 0.6 is 0 Å². The summed E-state index contributed by atoms with van der Waals surface area (Å²) < 4.78 is 42.6. The zero-order valence-corrected chi connectivity index (χ0v) is 18.6. The number of fused-ring (bicyclic) bond motifs is 4. The normalized spacial score (nSPS) is 18.1. The molecule has 0 atom stereocenters. The van der Waals surface area contributed by atoms with E-state index in [-0.39, 0.29) is 12.8 Å². The van der Waals surface area contributed by atoms with Crippen molar-refractivity contribution in [3.8, 4) is 28.5 Å². The van der Waals surface area contributed by atoms with E-state index in [1.807, 2.05) is 37.5 Å². The average molecular weight is 434 g/mol. The van der Waals surface area contributed by atoms with Crippen LogP contribution in [0, 0.1) is 18.3 Å². The molecule has 3 aromatic carbocycles. The van der Waals surface area contributed by atoms with E-state index in [2.05, 4.69) is 29.7 Å². The van der Waals surface area contributed by atoms with Gasteiger partial charge in [-0.2, -0.15) is 5.26 Å². The van der Waals surface area contributed by atoms with Crippen molar-refractivity contribution in [2.75, 3.05) is 0 Å². The number of rotatable bonds is 2. The summed E-state index contributed by atoms with van der Waals surface area (Å²) in [5, 5.41) is 11.8. The zero-order chi connectivity index (χ0) is 26.1.